The molecule has 2 N–H and O–H groups in total. The molecule has 2 unspecified atom stereocenters. The number of hydrogen-bond donors (Lipinski definition) is 2. The Labute approximate surface area is 329 Å². The highest BCUT2D eigenvalue weighted by molar-refractivity contribution is 7.46. The van der Waals surface area contributed by atoms with Gasteiger partial charge in [0, 0.05) is 12.8 Å². The van der Waals surface area contributed by atoms with Crippen LogP contribution in [0, 0.1) is 0 Å². The number of carbonyl (C=O) groups is 2. The summed E-state index contributed by atoms with van der Waals surface area (Å²) >= 11 is 0. The van der Waals surface area contributed by atoms with Crippen LogP contribution >= 0.6 is 7.82 Å². The predicted molar refractivity (Wildman–Crippen MR) is 220 cm³/mol. The SMILES string of the molecule is CCCCC/C=C\CC1OC1C/C=C\C/C=C\CCCC(=O)OC[C@H](COP(=O)(O)O)OC(=O)CCCCCCCCCCCCCCCCCCCC. The second kappa shape index (κ2) is 35.6. The first-order valence-corrected chi connectivity index (χ1v) is 23.4. The smallest absolute Gasteiger partial charge is 0.462 e. The van der Waals surface area contributed by atoms with Crippen molar-refractivity contribution in [2.24, 2.45) is 0 Å². The average Bonchev–Trinajstić information content (AvgIpc) is 3.90. The zero-order valence-corrected chi connectivity index (χ0v) is 35.2. The monoisotopic (exact) mass is 783 g/mol. The van der Waals surface area contributed by atoms with Crippen molar-refractivity contribution in [3.8, 4) is 0 Å². The summed E-state index contributed by atoms with van der Waals surface area (Å²) in [5, 5.41) is 0. The lowest BCUT2D eigenvalue weighted by molar-refractivity contribution is -0.161. The molecule has 1 saturated heterocycles. The van der Waals surface area contributed by atoms with E-state index in [0.717, 1.165) is 51.4 Å². The summed E-state index contributed by atoms with van der Waals surface area (Å²) in [4.78, 5) is 42.9. The van der Waals surface area contributed by atoms with Crippen LogP contribution in [0.1, 0.15) is 200 Å². The summed E-state index contributed by atoms with van der Waals surface area (Å²) in [6.45, 7) is 3.62. The molecule has 0 aromatic heterocycles. The van der Waals surface area contributed by atoms with E-state index in [4.69, 9.17) is 24.0 Å². The standard InChI is InChI=1S/C44H79O9P/c1-3-5-7-9-11-12-13-14-15-16-17-18-19-20-21-24-29-33-37-44(46)52-40(39-51-54(47,48)49)38-50-43(45)36-32-28-25-22-23-27-31-35-42-41(53-42)34-30-26-10-8-6-4-2/h22,25-27,30-31,40-42H,3-21,23-24,28-29,32-39H2,1-2H3,(H2,47,48,49)/b25-22-,30-26-,31-27-/t40-,41?,42?/m1/s1. The third-order valence-corrected chi connectivity index (χ3v) is 10.3. The van der Waals surface area contributed by atoms with E-state index in [-0.39, 0.29) is 19.4 Å². The number of hydrogen-bond acceptors (Lipinski definition) is 7. The molecule has 54 heavy (non-hydrogen) atoms. The maximum Gasteiger partial charge on any atom is 0.469 e. The molecule has 314 valence electrons. The second-order valence-corrected chi connectivity index (χ2v) is 16.3. The first kappa shape index (κ1) is 50.2. The summed E-state index contributed by atoms with van der Waals surface area (Å²) in [6, 6.07) is 0. The van der Waals surface area contributed by atoms with Gasteiger partial charge in [-0.3, -0.25) is 14.1 Å². The van der Waals surface area contributed by atoms with Crippen LogP contribution in [-0.4, -0.2) is 53.3 Å². The maximum absolute atomic E-state index is 12.4. The predicted octanol–water partition coefficient (Wildman–Crippen LogP) is 12.3. The van der Waals surface area contributed by atoms with Crippen LogP contribution in [0.2, 0.25) is 0 Å². The van der Waals surface area contributed by atoms with Crippen LogP contribution in [0.25, 0.3) is 0 Å². The first-order chi connectivity index (χ1) is 26.2. The lowest BCUT2D eigenvalue weighted by Gasteiger charge is -2.18. The maximum atomic E-state index is 12.4. The molecule has 10 heteroatoms. The molecule has 1 fully saturated rings. The first-order valence-electron chi connectivity index (χ1n) is 21.9. The van der Waals surface area contributed by atoms with Crippen LogP contribution in [0.4, 0.5) is 0 Å². The Bertz CT molecular complexity index is 1040. The lowest BCUT2D eigenvalue weighted by atomic mass is 10.0. The van der Waals surface area contributed by atoms with Crippen molar-refractivity contribution in [3.05, 3.63) is 36.5 Å². The number of carbonyl (C=O) groups excluding carboxylic acids is 2. The molecule has 0 saturated carbocycles. The van der Waals surface area contributed by atoms with Gasteiger partial charge in [0.2, 0.25) is 0 Å². The number of allylic oxidation sites excluding steroid dienone is 4. The fraction of sp³-hybridized carbons (Fsp3) is 0.818. The Hall–Kier alpha value is -1.77. The fourth-order valence-corrected chi connectivity index (χ4v) is 6.77. The van der Waals surface area contributed by atoms with Gasteiger partial charge in [0.05, 0.1) is 18.8 Å². The number of unbranched alkanes of at least 4 members (excludes halogenated alkanes) is 21. The Morgan fingerprint density at radius 1 is 0.574 bits per heavy atom. The van der Waals surface area contributed by atoms with Gasteiger partial charge < -0.3 is 24.0 Å². The minimum Gasteiger partial charge on any atom is -0.462 e. The zero-order valence-electron chi connectivity index (χ0n) is 34.3. The van der Waals surface area contributed by atoms with Gasteiger partial charge >= 0.3 is 19.8 Å². The highest BCUT2D eigenvalue weighted by Crippen LogP contribution is 2.36. The van der Waals surface area contributed by atoms with Crippen molar-refractivity contribution < 1.29 is 42.7 Å². The third-order valence-electron chi connectivity index (χ3n) is 9.81. The van der Waals surface area contributed by atoms with E-state index in [0.29, 0.717) is 25.0 Å². The molecule has 9 nitrogen and oxygen atoms in total. The van der Waals surface area contributed by atoms with Crippen molar-refractivity contribution in [1.82, 2.24) is 0 Å². The molecule has 0 aromatic carbocycles. The molecule has 0 bridgehead atoms. The van der Waals surface area contributed by atoms with E-state index in [2.05, 4.69) is 48.8 Å². The molecule has 1 rings (SSSR count). The largest absolute Gasteiger partial charge is 0.469 e. The molecule has 1 aliphatic rings. The van der Waals surface area contributed by atoms with E-state index in [9.17, 15) is 14.2 Å². The molecule has 3 atom stereocenters. The number of rotatable bonds is 39. The summed E-state index contributed by atoms with van der Waals surface area (Å²) in [5.41, 5.74) is 0. The van der Waals surface area contributed by atoms with Gasteiger partial charge in [-0.25, -0.2) is 4.57 Å². The van der Waals surface area contributed by atoms with Crippen LogP contribution in [-0.2, 0) is 32.9 Å². The normalized spacial score (nSPS) is 16.5. The topological polar surface area (TPSA) is 132 Å². The molecular formula is C44H79O9P. The van der Waals surface area contributed by atoms with E-state index in [1.54, 1.807) is 0 Å². The molecule has 0 radical (unpaired) electrons. The molecule has 0 aliphatic carbocycles. The summed E-state index contributed by atoms with van der Waals surface area (Å²) in [6.07, 6.45) is 44.7. The summed E-state index contributed by atoms with van der Waals surface area (Å²) in [7, 11) is -4.77. The Kier molecular flexibility index (Phi) is 33.2. The van der Waals surface area contributed by atoms with Gasteiger partial charge in [-0.15, -0.1) is 0 Å². The summed E-state index contributed by atoms with van der Waals surface area (Å²) < 4.78 is 32.1. The highest BCUT2D eigenvalue weighted by Gasteiger charge is 2.36. The average molecular weight is 783 g/mol. The Balaban J connectivity index is 2.07. The van der Waals surface area contributed by atoms with Gasteiger partial charge in [-0.05, 0) is 51.4 Å². The quantitative estimate of drug-likeness (QED) is 0.0205. The number of epoxide rings is 1. The number of phosphoric ester groups is 1. The molecule has 1 heterocycles. The highest BCUT2D eigenvalue weighted by atomic mass is 31.2. The van der Waals surface area contributed by atoms with Crippen LogP contribution in [0.15, 0.2) is 36.5 Å². The Morgan fingerprint density at radius 2 is 1.02 bits per heavy atom. The number of esters is 2. The van der Waals surface area contributed by atoms with Crippen molar-refractivity contribution in [1.29, 1.82) is 0 Å². The van der Waals surface area contributed by atoms with Gasteiger partial charge in [-0.1, -0.05) is 172 Å². The Morgan fingerprint density at radius 3 is 1.57 bits per heavy atom. The molecule has 0 amide bonds. The van der Waals surface area contributed by atoms with Crippen molar-refractivity contribution in [3.63, 3.8) is 0 Å². The third kappa shape index (κ3) is 34.7. The lowest BCUT2D eigenvalue weighted by Crippen LogP contribution is -2.29. The minimum absolute atomic E-state index is 0.187. The second-order valence-electron chi connectivity index (χ2n) is 15.1. The van der Waals surface area contributed by atoms with Crippen LogP contribution in [0.3, 0.4) is 0 Å². The van der Waals surface area contributed by atoms with E-state index in [1.165, 1.54) is 109 Å². The van der Waals surface area contributed by atoms with E-state index in [1.807, 2.05) is 6.08 Å². The molecule has 0 spiro atoms. The minimum atomic E-state index is -4.77. The van der Waals surface area contributed by atoms with E-state index < -0.39 is 32.5 Å². The number of phosphoric acid groups is 1. The molecular weight excluding hydrogens is 703 g/mol. The fourth-order valence-electron chi connectivity index (χ4n) is 6.41. The van der Waals surface area contributed by atoms with Crippen LogP contribution in [0.5, 0.6) is 0 Å². The molecule has 0 aromatic rings. The molecule has 1 aliphatic heterocycles. The van der Waals surface area contributed by atoms with Crippen LogP contribution < -0.4 is 0 Å². The van der Waals surface area contributed by atoms with Crippen molar-refractivity contribution in [2.45, 2.75) is 218 Å². The van der Waals surface area contributed by atoms with Gasteiger partial charge in [0.25, 0.3) is 0 Å². The van der Waals surface area contributed by atoms with Crippen molar-refractivity contribution in [2.75, 3.05) is 13.2 Å². The summed E-state index contributed by atoms with van der Waals surface area (Å²) in [5.74, 6) is -0.949. The number of ether oxygens (including phenoxy) is 3. The van der Waals surface area contributed by atoms with Crippen molar-refractivity contribution >= 4 is 19.8 Å². The van der Waals surface area contributed by atoms with Gasteiger partial charge in [0.1, 0.15) is 6.61 Å². The van der Waals surface area contributed by atoms with E-state index >= 15 is 0 Å². The van der Waals surface area contributed by atoms with Gasteiger partial charge in [-0.2, -0.15) is 0 Å². The van der Waals surface area contributed by atoms with Gasteiger partial charge in [0.15, 0.2) is 6.10 Å². The zero-order chi connectivity index (χ0) is 39.4.